The van der Waals surface area contributed by atoms with E-state index in [1.165, 1.54) is 12.1 Å². The Bertz CT molecular complexity index is 484. The van der Waals surface area contributed by atoms with Crippen molar-refractivity contribution < 1.29 is 4.39 Å². The maximum atomic E-state index is 12.8. The van der Waals surface area contributed by atoms with Crippen LogP contribution in [0.3, 0.4) is 0 Å². The number of benzene rings is 1. The Labute approximate surface area is 104 Å². The molecule has 0 radical (unpaired) electrons. The van der Waals surface area contributed by atoms with Gasteiger partial charge >= 0.3 is 0 Å². The van der Waals surface area contributed by atoms with Crippen LogP contribution in [0.1, 0.15) is 5.56 Å². The molecule has 88 valence electrons. The molecule has 0 bridgehead atoms. The lowest BCUT2D eigenvalue weighted by atomic mass is 10.3. The van der Waals surface area contributed by atoms with Crippen molar-refractivity contribution in [2.24, 2.45) is 0 Å². The van der Waals surface area contributed by atoms with Crippen LogP contribution in [0.15, 0.2) is 36.7 Å². The number of rotatable bonds is 3. The fourth-order valence-electron chi connectivity index (χ4n) is 1.37. The lowest BCUT2D eigenvalue weighted by molar-refractivity contribution is 0.628. The minimum Gasteiger partial charge on any atom is -0.314 e. The van der Waals surface area contributed by atoms with Crippen molar-refractivity contribution in [3.8, 4) is 0 Å². The van der Waals surface area contributed by atoms with Crippen molar-refractivity contribution in [3.05, 3.63) is 48.0 Å². The molecule has 0 spiro atoms. The van der Waals surface area contributed by atoms with Gasteiger partial charge in [-0.2, -0.15) is 0 Å². The number of nitrogens with zero attached hydrogens (tertiary/aromatic N) is 3. The first kappa shape index (κ1) is 11.8. The molecule has 0 saturated heterocycles. The van der Waals surface area contributed by atoms with E-state index in [1.54, 1.807) is 29.4 Å². The van der Waals surface area contributed by atoms with E-state index in [2.05, 4.69) is 9.97 Å². The summed E-state index contributed by atoms with van der Waals surface area (Å²) in [5.41, 5.74) is 1.69. The highest BCUT2D eigenvalue weighted by Crippen LogP contribution is 2.19. The third kappa shape index (κ3) is 2.71. The number of hydrogen-bond acceptors (Lipinski definition) is 3. The molecule has 0 unspecified atom stereocenters. The first-order valence-corrected chi connectivity index (χ1v) is 5.60. The number of hydrogen-bond donors (Lipinski definition) is 0. The highest BCUT2D eigenvalue weighted by atomic mass is 35.5. The quantitative estimate of drug-likeness (QED) is 0.785. The van der Waals surface area contributed by atoms with Crippen LogP contribution in [0.5, 0.6) is 0 Å². The zero-order chi connectivity index (χ0) is 12.3. The Morgan fingerprint density at radius 3 is 2.29 bits per heavy atom. The summed E-state index contributed by atoms with van der Waals surface area (Å²) in [6.07, 6.45) is 3.35. The molecule has 5 heteroatoms. The summed E-state index contributed by atoms with van der Waals surface area (Å²) in [4.78, 5) is 10.1. The minimum absolute atomic E-state index is 0.263. The second kappa shape index (κ2) is 5.10. The van der Waals surface area contributed by atoms with E-state index in [0.717, 1.165) is 11.3 Å². The van der Waals surface area contributed by atoms with Crippen molar-refractivity contribution in [1.82, 2.24) is 9.97 Å². The lowest BCUT2D eigenvalue weighted by Crippen LogP contribution is -2.12. The average molecular weight is 252 g/mol. The van der Waals surface area contributed by atoms with Gasteiger partial charge < -0.3 is 4.90 Å². The second-order valence-electron chi connectivity index (χ2n) is 3.56. The van der Waals surface area contributed by atoms with Gasteiger partial charge in [-0.25, -0.2) is 14.4 Å². The molecule has 2 aromatic rings. The third-order valence-electron chi connectivity index (χ3n) is 2.36. The van der Waals surface area contributed by atoms with Crippen LogP contribution in [-0.2, 0) is 5.88 Å². The molecule has 0 fully saturated rings. The summed E-state index contributed by atoms with van der Waals surface area (Å²) in [7, 11) is 1.82. The average Bonchev–Trinajstić information content (AvgIpc) is 2.39. The molecule has 0 aliphatic rings. The zero-order valence-electron chi connectivity index (χ0n) is 9.27. The molecule has 0 atom stereocenters. The molecule has 3 nitrogen and oxygen atoms in total. The van der Waals surface area contributed by atoms with Crippen LogP contribution >= 0.6 is 11.6 Å². The zero-order valence-corrected chi connectivity index (χ0v) is 10.0. The topological polar surface area (TPSA) is 29.0 Å². The van der Waals surface area contributed by atoms with Crippen molar-refractivity contribution >= 4 is 23.2 Å². The predicted octanol–water partition coefficient (Wildman–Crippen LogP) is 3.12. The summed E-state index contributed by atoms with van der Waals surface area (Å²) in [5, 5.41) is 0. The first-order chi connectivity index (χ1) is 8.20. The summed E-state index contributed by atoms with van der Waals surface area (Å²) in [5.74, 6) is 0.673. The Kier molecular flexibility index (Phi) is 3.54. The molecule has 1 heterocycles. The van der Waals surface area contributed by atoms with E-state index in [9.17, 15) is 4.39 Å². The van der Waals surface area contributed by atoms with Gasteiger partial charge in [-0.1, -0.05) is 0 Å². The molecule has 0 aliphatic heterocycles. The van der Waals surface area contributed by atoms with E-state index >= 15 is 0 Å². The highest BCUT2D eigenvalue weighted by Gasteiger charge is 2.06. The number of anilines is 2. The normalized spacial score (nSPS) is 10.3. The summed E-state index contributed by atoms with van der Waals surface area (Å²) >= 11 is 5.66. The second-order valence-corrected chi connectivity index (χ2v) is 3.83. The molecule has 17 heavy (non-hydrogen) atoms. The molecular weight excluding hydrogens is 241 g/mol. The summed E-state index contributed by atoms with van der Waals surface area (Å²) in [6.45, 7) is 0. The van der Waals surface area contributed by atoms with E-state index in [0.29, 0.717) is 11.8 Å². The van der Waals surface area contributed by atoms with E-state index in [-0.39, 0.29) is 5.82 Å². The highest BCUT2D eigenvalue weighted by molar-refractivity contribution is 6.17. The molecule has 2 rings (SSSR count). The Morgan fingerprint density at radius 1 is 1.18 bits per heavy atom. The minimum atomic E-state index is -0.263. The molecule has 1 aromatic carbocycles. The molecule has 0 saturated carbocycles. The van der Waals surface area contributed by atoms with Crippen molar-refractivity contribution in [2.45, 2.75) is 5.88 Å². The Morgan fingerprint density at radius 2 is 1.76 bits per heavy atom. The maximum absolute atomic E-state index is 12.8. The standard InChI is InChI=1S/C12H11ClFN3/c1-17(11-4-2-10(14)3-5-11)12-15-7-9(6-13)8-16-12/h2-5,7-8H,6H2,1H3. The fraction of sp³-hybridized carbons (Fsp3) is 0.167. The van der Waals surface area contributed by atoms with Crippen LogP contribution in [0.2, 0.25) is 0 Å². The van der Waals surface area contributed by atoms with Gasteiger partial charge in [-0.3, -0.25) is 0 Å². The van der Waals surface area contributed by atoms with Gasteiger partial charge in [0.05, 0.1) is 5.88 Å². The SMILES string of the molecule is CN(c1ccc(F)cc1)c1ncc(CCl)cn1. The Hall–Kier alpha value is -1.68. The van der Waals surface area contributed by atoms with Gasteiger partial charge in [-0.05, 0) is 24.3 Å². The largest absolute Gasteiger partial charge is 0.314 e. The number of aromatic nitrogens is 2. The van der Waals surface area contributed by atoms with Crippen molar-refractivity contribution in [3.63, 3.8) is 0 Å². The monoisotopic (exact) mass is 251 g/mol. The van der Waals surface area contributed by atoms with E-state index in [1.807, 2.05) is 7.05 Å². The molecule has 0 amide bonds. The van der Waals surface area contributed by atoms with Gasteiger partial charge in [0.2, 0.25) is 5.95 Å². The van der Waals surface area contributed by atoms with Crippen molar-refractivity contribution in [2.75, 3.05) is 11.9 Å². The van der Waals surface area contributed by atoms with Crippen molar-refractivity contribution in [1.29, 1.82) is 0 Å². The summed E-state index contributed by atoms with van der Waals surface area (Å²) in [6, 6.07) is 6.15. The lowest BCUT2D eigenvalue weighted by Gasteiger charge is -2.16. The van der Waals surface area contributed by atoms with Crippen LogP contribution in [0, 0.1) is 5.82 Å². The van der Waals surface area contributed by atoms with E-state index < -0.39 is 0 Å². The number of alkyl halides is 1. The Balaban J connectivity index is 2.23. The van der Waals surface area contributed by atoms with Gasteiger partial charge in [0.15, 0.2) is 0 Å². The molecular formula is C12H11ClFN3. The van der Waals surface area contributed by atoms with Gasteiger partial charge in [0.1, 0.15) is 5.82 Å². The van der Waals surface area contributed by atoms with Gasteiger partial charge in [0, 0.05) is 30.7 Å². The van der Waals surface area contributed by atoms with Crippen LogP contribution in [-0.4, -0.2) is 17.0 Å². The van der Waals surface area contributed by atoms with Gasteiger partial charge in [-0.15, -0.1) is 11.6 Å². The first-order valence-electron chi connectivity index (χ1n) is 5.07. The predicted molar refractivity (Wildman–Crippen MR) is 66.1 cm³/mol. The smallest absolute Gasteiger partial charge is 0.229 e. The molecule has 0 aliphatic carbocycles. The van der Waals surface area contributed by atoms with Crippen LogP contribution in [0.4, 0.5) is 16.0 Å². The fourth-order valence-corrected chi connectivity index (χ4v) is 1.51. The van der Waals surface area contributed by atoms with Crippen LogP contribution < -0.4 is 4.90 Å². The summed E-state index contributed by atoms with van der Waals surface area (Å²) < 4.78 is 12.8. The molecule has 0 N–H and O–H groups in total. The molecule has 1 aromatic heterocycles. The maximum Gasteiger partial charge on any atom is 0.229 e. The van der Waals surface area contributed by atoms with Crippen LogP contribution in [0.25, 0.3) is 0 Å². The van der Waals surface area contributed by atoms with E-state index in [4.69, 9.17) is 11.6 Å². The number of halogens is 2. The third-order valence-corrected chi connectivity index (χ3v) is 2.67. The van der Waals surface area contributed by atoms with Gasteiger partial charge in [0.25, 0.3) is 0 Å².